The molecule has 0 fully saturated rings. The van der Waals surface area contributed by atoms with Crippen LogP contribution in [0.4, 0.5) is 0 Å². The van der Waals surface area contributed by atoms with E-state index in [1.807, 2.05) is 25.1 Å². The van der Waals surface area contributed by atoms with E-state index in [1.54, 1.807) is 12.1 Å². The maximum atomic E-state index is 11.8. The molecule has 1 aromatic carbocycles. The Balaban J connectivity index is 2.66. The van der Waals surface area contributed by atoms with Crippen LogP contribution in [0.2, 0.25) is 0 Å². The summed E-state index contributed by atoms with van der Waals surface area (Å²) < 4.78 is 5.15. The number of amides is 2. The summed E-state index contributed by atoms with van der Waals surface area (Å²) in [6.45, 7) is 2.47. The van der Waals surface area contributed by atoms with Gasteiger partial charge in [-0.1, -0.05) is 37.3 Å². The van der Waals surface area contributed by atoms with Gasteiger partial charge in [0.25, 0.3) is 0 Å². The minimum absolute atomic E-state index is 0.0336. The SMILES string of the molecule is CCCOCC(=O)NC(C(=O)NC)c1ccccc1. The quantitative estimate of drug-likeness (QED) is 0.722. The molecule has 1 rings (SSSR count). The van der Waals surface area contributed by atoms with E-state index in [-0.39, 0.29) is 18.4 Å². The second kappa shape index (κ2) is 8.26. The highest BCUT2D eigenvalue weighted by Crippen LogP contribution is 2.12. The summed E-state index contributed by atoms with van der Waals surface area (Å²) in [5.41, 5.74) is 0.741. The zero-order valence-electron chi connectivity index (χ0n) is 11.3. The van der Waals surface area contributed by atoms with Crippen LogP contribution in [-0.4, -0.2) is 32.1 Å². The standard InChI is InChI=1S/C14H20N2O3/c1-3-9-19-10-12(17)16-13(14(18)15-2)11-7-5-4-6-8-11/h4-8,13H,3,9-10H2,1-2H3,(H,15,18)(H,16,17). The van der Waals surface area contributed by atoms with Crippen molar-refractivity contribution in [1.82, 2.24) is 10.6 Å². The molecular formula is C14H20N2O3. The zero-order valence-corrected chi connectivity index (χ0v) is 11.3. The minimum Gasteiger partial charge on any atom is -0.372 e. The van der Waals surface area contributed by atoms with Gasteiger partial charge in [-0.3, -0.25) is 9.59 Å². The van der Waals surface area contributed by atoms with Crippen LogP contribution in [0.1, 0.15) is 24.9 Å². The lowest BCUT2D eigenvalue weighted by atomic mass is 10.1. The molecule has 0 aliphatic carbocycles. The Kier molecular flexibility index (Phi) is 6.60. The van der Waals surface area contributed by atoms with Crippen LogP contribution in [-0.2, 0) is 14.3 Å². The summed E-state index contributed by atoms with van der Waals surface area (Å²) in [6, 6.07) is 8.41. The Morgan fingerprint density at radius 2 is 1.95 bits per heavy atom. The van der Waals surface area contributed by atoms with Gasteiger partial charge in [0.15, 0.2) is 0 Å². The first-order valence-corrected chi connectivity index (χ1v) is 6.32. The molecule has 0 radical (unpaired) electrons. The molecule has 0 heterocycles. The molecule has 5 heteroatoms. The Hall–Kier alpha value is -1.88. The third kappa shape index (κ3) is 5.09. The highest BCUT2D eigenvalue weighted by atomic mass is 16.5. The molecule has 0 spiro atoms. The lowest BCUT2D eigenvalue weighted by Gasteiger charge is -2.17. The van der Waals surface area contributed by atoms with Crippen molar-refractivity contribution in [3.63, 3.8) is 0 Å². The van der Waals surface area contributed by atoms with Gasteiger partial charge in [-0.2, -0.15) is 0 Å². The zero-order chi connectivity index (χ0) is 14.1. The maximum absolute atomic E-state index is 11.8. The molecule has 2 amide bonds. The van der Waals surface area contributed by atoms with Gasteiger partial charge in [-0.15, -0.1) is 0 Å². The molecule has 0 aliphatic heterocycles. The van der Waals surface area contributed by atoms with Gasteiger partial charge in [-0.05, 0) is 12.0 Å². The summed E-state index contributed by atoms with van der Waals surface area (Å²) >= 11 is 0. The third-order valence-corrected chi connectivity index (χ3v) is 2.53. The lowest BCUT2D eigenvalue weighted by molar-refractivity contribution is -0.131. The van der Waals surface area contributed by atoms with Gasteiger partial charge < -0.3 is 15.4 Å². The van der Waals surface area contributed by atoms with Crippen LogP contribution in [0.5, 0.6) is 0 Å². The molecule has 2 N–H and O–H groups in total. The van der Waals surface area contributed by atoms with Crippen molar-refractivity contribution >= 4 is 11.8 Å². The number of rotatable bonds is 7. The van der Waals surface area contributed by atoms with Crippen LogP contribution >= 0.6 is 0 Å². The number of likely N-dealkylation sites (N-methyl/N-ethyl adjacent to an activating group) is 1. The molecule has 0 bridgehead atoms. The summed E-state index contributed by atoms with van der Waals surface area (Å²) in [7, 11) is 1.54. The maximum Gasteiger partial charge on any atom is 0.246 e. The Morgan fingerprint density at radius 3 is 2.53 bits per heavy atom. The molecule has 0 aliphatic rings. The minimum atomic E-state index is -0.691. The number of hydrogen-bond acceptors (Lipinski definition) is 3. The van der Waals surface area contributed by atoms with Gasteiger partial charge in [0.2, 0.25) is 11.8 Å². The highest BCUT2D eigenvalue weighted by Gasteiger charge is 2.21. The van der Waals surface area contributed by atoms with Crippen molar-refractivity contribution in [2.24, 2.45) is 0 Å². The number of hydrogen-bond donors (Lipinski definition) is 2. The fourth-order valence-corrected chi connectivity index (χ4v) is 1.60. The number of carbonyl (C=O) groups is 2. The number of ether oxygens (including phenoxy) is 1. The molecule has 104 valence electrons. The van der Waals surface area contributed by atoms with E-state index in [1.165, 1.54) is 7.05 Å². The van der Waals surface area contributed by atoms with Gasteiger partial charge >= 0.3 is 0 Å². The van der Waals surface area contributed by atoms with E-state index in [0.717, 1.165) is 12.0 Å². The van der Waals surface area contributed by atoms with Gasteiger partial charge in [-0.25, -0.2) is 0 Å². The van der Waals surface area contributed by atoms with Gasteiger partial charge in [0.05, 0.1) is 0 Å². The monoisotopic (exact) mass is 264 g/mol. The fraction of sp³-hybridized carbons (Fsp3) is 0.429. The summed E-state index contributed by atoms with van der Waals surface area (Å²) in [5, 5.41) is 5.21. The summed E-state index contributed by atoms with van der Waals surface area (Å²) in [5.74, 6) is -0.555. The predicted molar refractivity (Wildman–Crippen MR) is 72.5 cm³/mol. The molecular weight excluding hydrogens is 244 g/mol. The molecule has 0 saturated carbocycles. The van der Waals surface area contributed by atoms with Gasteiger partial charge in [0, 0.05) is 13.7 Å². The van der Waals surface area contributed by atoms with Crippen LogP contribution in [0.15, 0.2) is 30.3 Å². The first-order valence-electron chi connectivity index (χ1n) is 6.32. The largest absolute Gasteiger partial charge is 0.372 e. The third-order valence-electron chi connectivity index (χ3n) is 2.53. The molecule has 1 aromatic rings. The van der Waals surface area contributed by atoms with Crippen molar-refractivity contribution in [3.8, 4) is 0 Å². The second-order valence-electron chi connectivity index (χ2n) is 4.08. The van der Waals surface area contributed by atoms with Gasteiger partial charge in [0.1, 0.15) is 12.6 Å². The van der Waals surface area contributed by atoms with E-state index in [4.69, 9.17) is 4.74 Å². The number of nitrogens with one attached hydrogen (secondary N) is 2. The van der Waals surface area contributed by atoms with Crippen molar-refractivity contribution in [2.45, 2.75) is 19.4 Å². The molecule has 5 nitrogen and oxygen atoms in total. The fourth-order valence-electron chi connectivity index (χ4n) is 1.60. The van der Waals surface area contributed by atoms with E-state index in [2.05, 4.69) is 10.6 Å². The Morgan fingerprint density at radius 1 is 1.26 bits per heavy atom. The highest BCUT2D eigenvalue weighted by molar-refractivity contribution is 5.88. The Bertz CT molecular complexity index is 406. The van der Waals surface area contributed by atoms with E-state index >= 15 is 0 Å². The summed E-state index contributed by atoms with van der Waals surface area (Å²) in [4.78, 5) is 23.5. The van der Waals surface area contributed by atoms with E-state index < -0.39 is 6.04 Å². The first kappa shape index (κ1) is 15.2. The molecule has 1 unspecified atom stereocenters. The number of benzene rings is 1. The van der Waals surface area contributed by atoms with E-state index in [0.29, 0.717) is 6.61 Å². The van der Waals surface area contributed by atoms with Crippen molar-refractivity contribution in [3.05, 3.63) is 35.9 Å². The topological polar surface area (TPSA) is 67.4 Å². The molecule has 19 heavy (non-hydrogen) atoms. The molecule has 0 aromatic heterocycles. The van der Waals surface area contributed by atoms with Crippen LogP contribution in [0, 0.1) is 0 Å². The summed E-state index contributed by atoms with van der Waals surface area (Å²) in [6.07, 6.45) is 0.852. The van der Waals surface area contributed by atoms with Crippen LogP contribution in [0.25, 0.3) is 0 Å². The molecule has 0 saturated heterocycles. The smallest absolute Gasteiger partial charge is 0.246 e. The Labute approximate surface area is 113 Å². The van der Waals surface area contributed by atoms with E-state index in [9.17, 15) is 9.59 Å². The van der Waals surface area contributed by atoms with Crippen LogP contribution < -0.4 is 10.6 Å². The van der Waals surface area contributed by atoms with Crippen molar-refractivity contribution in [1.29, 1.82) is 0 Å². The second-order valence-corrected chi connectivity index (χ2v) is 4.08. The normalized spacial score (nSPS) is 11.7. The van der Waals surface area contributed by atoms with Crippen LogP contribution in [0.3, 0.4) is 0 Å². The average molecular weight is 264 g/mol. The first-order chi connectivity index (χ1) is 9.19. The predicted octanol–water partition coefficient (Wildman–Crippen LogP) is 1.02. The molecule has 1 atom stereocenters. The van der Waals surface area contributed by atoms with Crippen molar-refractivity contribution < 1.29 is 14.3 Å². The average Bonchev–Trinajstić information content (AvgIpc) is 2.45. The van der Waals surface area contributed by atoms with Crippen molar-refractivity contribution in [2.75, 3.05) is 20.3 Å². The number of carbonyl (C=O) groups excluding carboxylic acids is 2. The lowest BCUT2D eigenvalue weighted by Crippen LogP contribution is -2.40.